The molecule has 9 nitrogen and oxygen atoms in total. The summed E-state index contributed by atoms with van der Waals surface area (Å²) in [5.74, 6) is 1.30. The van der Waals surface area contributed by atoms with E-state index in [-0.39, 0.29) is 11.7 Å². The Labute approximate surface area is 178 Å². The fourth-order valence-corrected chi connectivity index (χ4v) is 3.81. The zero-order valence-corrected chi connectivity index (χ0v) is 16.8. The van der Waals surface area contributed by atoms with Crippen LogP contribution in [0.2, 0.25) is 0 Å². The van der Waals surface area contributed by atoms with E-state index in [4.69, 9.17) is 9.72 Å². The van der Waals surface area contributed by atoms with Crippen molar-refractivity contribution in [2.75, 3.05) is 48.0 Å². The van der Waals surface area contributed by atoms with E-state index in [0.29, 0.717) is 37.1 Å². The fourth-order valence-electron chi connectivity index (χ4n) is 3.81. The first kappa shape index (κ1) is 19.4. The number of benzene rings is 1. The van der Waals surface area contributed by atoms with Gasteiger partial charge in [0.25, 0.3) is 5.91 Å². The van der Waals surface area contributed by atoms with Crippen LogP contribution in [0.15, 0.2) is 36.5 Å². The molecule has 2 aliphatic heterocycles. The molecule has 0 saturated carbocycles. The lowest BCUT2D eigenvalue weighted by molar-refractivity contribution is 0.102. The molecule has 4 heterocycles. The lowest BCUT2D eigenvalue weighted by Crippen LogP contribution is -2.38. The van der Waals surface area contributed by atoms with Gasteiger partial charge < -0.3 is 19.9 Å². The van der Waals surface area contributed by atoms with Crippen LogP contribution < -0.4 is 15.1 Å². The Bertz CT molecular complexity index is 1080. The molecule has 3 aromatic rings. The topological polar surface area (TPSA) is 99.3 Å². The molecular weight excluding hydrogens is 401 g/mol. The number of aromatic nitrogens is 4. The van der Waals surface area contributed by atoms with Crippen molar-refractivity contribution in [3.63, 3.8) is 0 Å². The monoisotopic (exact) mass is 423 g/mol. The number of hydrogen-bond acceptors (Lipinski definition) is 7. The van der Waals surface area contributed by atoms with Crippen LogP contribution in [0.1, 0.15) is 21.6 Å². The van der Waals surface area contributed by atoms with Crippen molar-refractivity contribution in [1.29, 1.82) is 0 Å². The summed E-state index contributed by atoms with van der Waals surface area (Å²) in [6, 6.07) is 7.32. The second kappa shape index (κ2) is 8.31. The molecule has 5 rings (SSSR count). The molecule has 10 heteroatoms. The first-order valence-electron chi connectivity index (χ1n) is 10.2. The second-order valence-corrected chi connectivity index (χ2v) is 7.48. The highest BCUT2D eigenvalue weighted by Gasteiger charge is 2.25. The van der Waals surface area contributed by atoms with E-state index >= 15 is 0 Å². The Morgan fingerprint density at radius 3 is 2.71 bits per heavy atom. The number of nitrogens with zero attached hydrogens (tertiary/aromatic N) is 5. The highest BCUT2D eigenvalue weighted by molar-refractivity contribution is 6.04. The molecule has 2 aromatic heterocycles. The average Bonchev–Trinajstić information content (AvgIpc) is 3.22. The summed E-state index contributed by atoms with van der Waals surface area (Å²) in [5.41, 5.74) is 2.29. The summed E-state index contributed by atoms with van der Waals surface area (Å²) in [6.45, 7) is 4.23. The number of amides is 1. The Kier molecular flexibility index (Phi) is 5.21. The standard InChI is InChI=1S/C21H22FN7O2/c22-15-3-1-14(2-4-15)20(30)25-19-16-13-29(8-6-17(16)26-27-19)18-5-7-23-21(24-18)28-9-11-31-12-10-28/h1-5,7H,6,8-13H2,(H2,25,26,27,30). The van der Waals surface area contributed by atoms with Crippen LogP contribution in [0.5, 0.6) is 0 Å². The van der Waals surface area contributed by atoms with E-state index in [2.05, 4.69) is 30.3 Å². The summed E-state index contributed by atoms with van der Waals surface area (Å²) < 4.78 is 18.5. The number of anilines is 3. The maximum absolute atomic E-state index is 13.1. The molecule has 0 bridgehead atoms. The highest BCUT2D eigenvalue weighted by atomic mass is 19.1. The molecule has 0 unspecified atom stereocenters. The minimum atomic E-state index is -0.384. The Hall–Kier alpha value is -3.53. The van der Waals surface area contributed by atoms with Crippen LogP contribution in [0.4, 0.5) is 22.0 Å². The number of fused-ring (bicyclic) bond motifs is 1. The van der Waals surface area contributed by atoms with Crippen molar-refractivity contribution >= 4 is 23.5 Å². The SMILES string of the molecule is O=C(Nc1n[nH]c2c1CN(c1ccnc(N3CCOCC3)n1)CC2)c1ccc(F)cc1. The van der Waals surface area contributed by atoms with Gasteiger partial charge in [0.2, 0.25) is 5.95 Å². The lowest BCUT2D eigenvalue weighted by atomic mass is 10.1. The van der Waals surface area contributed by atoms with Crippen LogP contribution in [0.3, 0.4) is 0 Å². The number of ether oxygens (including phenoxy) is 1. The number of H-pyrrole nitrogens is 1. The van der Waals surface area contributed by atoms with E-state index in [0.717, 1.165) is 43.1 Å². The first-order valence-corrected chi connectivity index (χ1v) is 10.2. The zero-order valence-electron chi connectivity index (χ0n) is 16.8. The van der Waals surface area contributed by atoms with E-state index < -0.39 is 0 Å². The molecule has 31 heavy (non-hydrogen) atoms. The van der Waals surface area contributed by atoms with E-state index in [1.807, 2.05) is 6.07 Å². The minimum Gasteiger partial charge on any atom is -0.378 e. The zero-order chi connectivity index (χ0) is 21.2. The molecule has 1 saturated heterocycles. The van der Waals surface area contributed by atoms with Gasteiger partial charge in [0.05, 0.1) is 13.2 Å². The molecule has 1 fully saturated rings. The molecule has 1 aromatic carbocycles. The third-order valence-corrected chi connectivity index (χ3v) is 5.52. The smallest absolute Gasteiger partial charge is 0.256 e. The molecular formula is C21H22FN7O2. The molecule has 160 valence electrons. The predicted octanol–water partition coefficient (Wildman–Crippen LogP) is 1.99. The van der Waals surface area contributed by atoms with E-state index in [1.54, 1.807) is 6.20 Å². The number of hydrogen-bond donors (Lipinski definition) is 2. The quantitative estimate of drug-likeness (QED) is 0.662. The van der Waals surface area contributed by atoms with Gasteiger partial charge in [0.1, 0.15) is 11.6 Å². The summed E-state index contributed by atoms with van der Waals surface area (Å²) in [6.07, 6.45) is 2.53. The van der Waals surface area contributed by atoms with Crippen LogP contribution in [0, 0.1) is 5.82 Å². The van der Waals surface area contributed by atoms with Gasteiger partial charge in [-0.3, -0.25) is 9.89 Å². The van der Waals surface area contributed by atoms with Crippen molar-refractivity contribution in [3.8, 4) is 0 Å². The van der Waals surface area contributed by atoms with Gasteiger partial charge in [0, 0.05) is 55.6 Å². The van der Waals surface area contributed by atoms with Crippen LogP contribution in [-0.2, 0) is 17.7 Å². The van der Waals surface area contributed by atoms with E-state index in [9.17, 15) is 9.18 Å². The second-order valence-electron chi connectivity index (χ2n) is 7.48. The molecule has 0 atom stereocenters. The average molecular weight is 423 g/mol. The third-order valence-electron chi connectivity index (χ3n) is 5.52. The van der Waals surface area contributed by atoms with Gasteiger partial charge in [-0.15, -0.1) is 0 Å². The van der Waals surface area contributed by atoms with Gasteiger partial charge >= 0.3 is 0 Å². The van der Waals surface area contributed by atoms with Gasteiger partial charge in [0.15, 0.2) is 5.82 Å². The fraction of sp³-hybridized carbons (Fsp3) is 0.333. The molecule has 0 spiro atoms. The highest BCUT2D eigenvalue weighted by Crippen LogP contribution is 2.28. The van der Waals surface area contributed by atoms with Crippen molar-refractivity contribution in [1.82, 2.24) is 20.2 Å². The van der Waals surface area contributed by atoms with Crippen molar-refractivity contribution in [3.05, 3.63) is 59.2 Å². The molecule has 0 aliphatic carbocycles. The van der Waals surface area contributed by atoms with Gasteiger partial charge in [-0.2, -0.15) is 10.1 Å². The Balaban J connectivity index is 1.33. The Morgan fingerprint density at radius 2 is 1.90 bits per heavy atom. The van der Waals surface area contributed by atoms with E-state index in [1.165, 1.54) is 24.3 Å². The summed E-state index contributed by atoms with van der Waals surface area (Å²) in [5, 5.41) is 10.1. The summed E-state index contributed by atoms with van der Waals surface area (Å²) in [4.78, 5) is 26.0. The van der Waals surface area contributed by atoms with Crippen molar-refractivity contribution in [2.45, 2.75) is 13.0 Å². The van der Waals surface area contributed by atoms with Crippen molar-refractivity contribution in [2.24, 2.45) is 0 Å². The molecule has 2 aliphatic rings. The van der Waals surface area contributed by atoms with Gasteiger partial charge in [-0.25, -0.2) is 9.37 Å². The normalized spacial score (nSPS) is 16.2. The number of aromatic amines is 1. The first-order chi connectivity index (χ1) is 15.2. The maximum atomic E-state index is 13.1. The number of carbonyl (C=O) groups is 1. The number of carbonyl (C=O) groups excluding carboxylic acids is 1. The third kappa shape index (κ3) is 4.06. The maximum Gasteiger partial charge on any atom is 0.256 e. The van der Waals surface area contributed by atoms with Crippen LogP contribution >= 0.6 is 0 Å². The van der Waals surface area contributed by atoms with Crippen LogP contribution in [0.25, 0.3) is 0 Å². The lowest BCUT2D eigenvalue weighted by Gasteiger charge is -2.30. The van der Waals surface area contributed by atoms with Gasteiger partial charge in [-0.1, -0.05) is 0 Å². The van der Waals surface area contributed by atoms with Gasteiger partial charge in [-0.05, 0) is 30.3 Å². The number of nitrogens with one attached hydrogen (secondary N) is 2. The molecule has 0 radical (unpaired) electrons. The Morgan fingerprint density at radius 1 is 1.10 bits per heavy atom. The predicted molar refractivity (Wildman–Crippen MR) is 113 cm³/mol. The van der Waals surface area contributed by atoms with Crippen LogP contribution in [-0.4, -0.2) is 58.9 Å². The number of rotatable bonds is 4. The molecule has 2 N–H and O–H groups in total. The minimum absolute atomic E-state index is 0.330. The summed E-state index contributed by atoms with van der Waals surface area (Å²) in [7, 11) is 0. The summed E-state index contributed by atoms with van der Waals surface area (Å²) >= 11 is 0. The molecule has 1 amide bonds. The number of morpholine rings is 1. The largest absolute Gasteiger partial charge is 0.378 e. The number of halogens is 1. The van der Waals surface area contributed by atoms with Crippen molar-refractivity contribution < 1.29 is 13.9 Å².